The number of amides is 8. The van der Waals surface area contributed by atoms with Gasteiger partial charge in [-0.3, -0.25) is 9.59 Å². The van der Waals surface area contributed by atoms with Crippen LogP contribution in [-0.4, -0.2) is 223 Å². The molecule has 8 amide bonds. The third-order valence-corrected chi connectivity index (χ3v) is 21.9. The molecule has 6 fully saturated rings. The number of rotatable bonds is 12. The zero-order valence-electron chi connectivity index (χ0n) is 55.3. The van der Waals surface area contributed by atoms with Gasteiger partial charge in [-0.2, -0.15) is 30.8 Å². The number of halogens is 1. The smallest absolute Gasteiger partial charge is 0.410 e. The van der Waals surface area contributed by atoms with E-state index in [1.54, 1.807) is 20.8 Å². The summed E-state index contributed by atoms with van der Waals surface area (Å²) in [6.07, 6.45) is 8.81. The quantitative estimate of drug-likeness (QED) is 0.0893. The second-order valence-electron chi connectivity index (χ2n) is 28.0. The van der Waals surface area contributed by atoms with Crippen molar-refractivity contribution in [1.82, 2.24) is 70.0 Å². The maximum Gasteiger partial charge on any atom is 0.410 e. The highest BCUT2D eigenvalue weighted by atomic mass is 19.1. The Labute approximate surface area is 553 Å². The van der Waals surface area contributed by atoms with E-state index < -0.39 is 30.2 Å². The van der Waals surface area contributed by atoms with Gasteiger partial charge in [-0.05, 0) is 212 Å². The average Bonchev–Trinajstić information content (AvgIpc) is 1.81. The number of carbonyl (C=O) groups is 6. The molecule has 6 aromatic rings. The highest BCUT2D eigenvalue weighted by molar-refractivity contribution is 5.93. The number of ether oxygens (including phenoxy) is 2. The van der Waals surface area contributed by atoms with E-state index in [-0.39, 0.29) is 54.5 Å². The number of hydrogen-bond acceptors (Lipinski definition) is 14. The number of hydrogen-bond donors (Lipinski definition) is 4. The number of aryl methyl sites for hydroxylation is 2. The van der Waals surface area contributed by atoms with Crippen LogP contribution in [0.3, 0.4) is 0 Å². The maximum absolute atomic E-state index is 14.2. The second kappa shape index (κ2) is 28.9. The molecule has 0 radical (unpaired) electrons. The van der Waals surface area contributed by atoms with Crippen molar-refractivity contribution < 1.29 is 42.6 Å². The highest BCUT2D eigenvalue weighted by Gasteiger charge is 2.41. The minimum atomic E-state index is -0.974. The Bertz CT molecular complexity index is 3740. The fourth-order valence-corrected chi connectivity index (χ4v) is 16.2. The number of H-pyrrole nitrogens is 2. The minimum absolute atomic E-state index is 0.0212. The number of benzene rings is 4. The standard InChI is InChI=1S/C35H45FN8O4.C35H46N8O4/c1-22-18-23(19-29-31(22)39-40-38-29)20-30(33(45)42-14-8-25(9-15-42)24-6-12-41(2)13-7-24)48-35(47)43-16-10-27(11-17-43)44-21-26-4-3-5-28(36)32(26)37-34(44)46;1-23-19-24(20-30-32(23)38-39-37-30)21-31(33(44)41-15-9-26(10-16-41)25-7-13-40(2)14-8-25)47-35(46)42-17-11-28(12-18-42)43-22-27-5-3-4-6-29(27)36-34(43)45/h3-5,18-19,24-25,27,30H,6-17,20-21H2,1-2H3,(H,37,46)(H,38,39,40);3-6,19-20,25-26,28,31H,7-18,21-22H2,1-2H3,(H,36,45)(H,37,38,39). The highest BCUT2D eigenvalue weighted by Crippen LogP contribution is 2.37. The van der Waals surface area contributed by atoms with Gasteiger partial charge >= 0.3 is 24.2 Å². The van der Waals surface area contributed by atoms with Crippen LogP contribution >= 0.6 is 0 Å². The molecule has 4 aromatic carbocycles. The summed E-state index contributed by atoms with van der Waals surface area (Å²) in [6, 6.07) is 19.9. The van der Waals surface area contributed by atoms with E-state index in [1.807, 2.05) is 83.1 Å². The summed E-state index contributed by atoms with van der Waals surface area (Å²) in [5.41, 5.74) is 9.52. The third kappa shape index (κ3) is 14.8. The number of fused-ring (bicyclic) bond motifs is 4. The van der Waals surface area contributed by atoms with Crippen molar-refractivity contribution >= 4 is 69.5 Å². The van der Waals surface area contributed by atoms with E-state index in [2.05, 4.69) is 65.4 Å². The van der Waals surface area contributed by atoms with Crippen molar-refractivity contribution in [2.75, 3.05) is 103 Å². The summed E-state index contributed by atoms with van der Waals surface area (Å²) in [6.45, 7) is 13.8. The van der Waals surface area contributed by atoms with Crippen LogP contribution in [0, 0.1) is 43.3 Å². The van der Waals surface area contributed by atoms with E-state index in [0.717, 1.165) is 113 Å². The predicted molar refractivity (Wildman–Crippen MR) is 355 cm³/mol. The maximum atomic E-state index is 14.2. The Hall–Kier alpha value is -8.45. The number of likely N-dealkylation sites (tertiary alicyclic amines) is 6. The topological polar surface area (TPSA) is 254 Å². The van der Waals surface area contributed by atoms with Crippen LogP contribution in [0.4, 0.5) is 34.9 Å². The molecule has 506 valence electrons. The number of nitrogens with zero attached hydrogens (tertiary/aromatic N) is 12. The SMILES string of the molecule is Cc1cc(CC(OC(=O)N2CCC(N3Cc4cccc(F)c4NC3=O)CC2)C(=O)N2CCC(C3CCN(C)CC3)CC2)cc2n[nH]nc12.Cc1cc(CC(OC(=O)N2CCC(N3Cc4ccccc4NC3=O)CC2)C(=O)N2CCC(C3CCN(C)CC3)CC2)cc2n[nH]nc12. The van der Waals surface area contributed by atoms with Gasteiger partial charge in [0.15, 0.2) is 12.2 Å². The van der Waals surface area contributed by atoms with Crippen molar-refractivity contribution in [2.45, 2.75) is 141 Å². The molecule has 0 aliphatic carbocycles. The molecule has 24 nitrogen and oxygen atoms in total. The van der Waals surface area contributed by atoms with Crippen molar-refractivity contribution in [3.8, 4) is 0 Å². The molecule has 0 spiro atoms. The van der Waals surface area contributed by atoms with Crippen LogP contribution in [0.1, 0.15) is 110 Å². The molecule has 4 N–H and O–H groups in total. The third-order valence-electron chi connectivity index (χ3n) is 21.9. The molecule has 8 aliphatic heterocycles. The van der Waals surface area contributed by atoms with Gasteiger partial charge in [-0.25, -0.2) is 23.6 Å². The van der Waals surface area contributed by atoms with Crippen molar-refractivity contribution in [3.05, 3.63) is 106 Å². The number of para-hydroxylation sites is 2. The van der Waals surface area contributed by atoms with Crippen LogP contribution < -0.4 is 10.6 Å². The van der Waals surface area contributed by atoms with Crippen LogP contribution in [-0.2, 0) is 45.0 Å². The van der Waals surface area contributed by atoms with Crippen LogP contribution in [0.15, 0.2) is 66.7 Å². The lowest BCUT2D eigenvalue weighted by molar-refractivity contribution is -0.143. The summed E-state index contributed by atoms with van der Waals surface area (Å²) in [5.74, 6) is 1.96. The van der Waals surface area contributed by atoms with Gasteiger partial charge < -0.3 is 59.3 Å². The normalized spacial score (nSPS) is 21.0. The molecule has 14 rings (SSSR count). The molecule has 2 unspecified atom stereocenters. The lowest BCUT2D eigenvalue weighted by Crippen LogP contribution is -2.52. The van der Waals surface area contributed by atoms with Crippen LogP contribution in [0.25, 0.3) is 22.1 Å². The fraction of sp³-hybridized carbons (Fsp3) is 0.571. The molecular weight excluding hydrogens is 1210 g/mol. The fourth-order valence-electron chi connectivity index (χ4n) is 16.2. The number of piperidine rings is 6. The molecule has 8 aliphatic rings. The number of carbonyl (C=O) groups excluding carboxylic acids is 6. The van der Waals surface area contributed by atoms with Gasteiger partial charge in [-0.15, -0.1) is 0 Å². The Morgan fingerprint density at radius 1 is 0.495 bits per heavy atom. The van der Waals surface area contributed by atoms with Crippen molar-refractivity contribution in [2.24, 2.45) is 23.7 Å². The first-order valence-corrected chi connectivity index (χ1v) is 34.5. The summed E-state index contributed by atoms with van der Waals surface area (Å²) in [5, 5.41) is 28.0. The first kappa shape index (κ1) is 65.2. The Balaban J connectivity index is 0.000000172. The van der Waals surface area contributed by atoms with Crippen LogP contribution in [0.5, 0.6) is 0 Å². The van der Waals surface area contributed by atoms with Gasteiger partial charge in [0.05, 0.1) is 5.69 Å². The van der Waals surface area contributed by atoms with Gasteiger partial charge in [0.2, 0.25) is 0 Å². The van der Waals surface area contributed by atoms with E-state index in [4.69, 9.17) is 9.47 Å². The van der Waals surface area contributed by atoms with Gasteiger partial charge in [0, 0.05) is 96.1 Å². The molecule has 0 saturated carbocycles. The van der Waals surface area contributed by atoms with Crippen molar-refractivity contribution in [1.29, 1.82) is 0 Å². The molecule has 95 heavy (non-hydrogen) atoms. The molecule has 6 saturated heterocycles. The van der Waals surface area contributed by atoms with Crippen molar-refractivity contribution in [3.63, 3.8) is 0 Å². The summed E-state index contributed by atoms with van der Waals surface area (Å²) >= 11 is 0. The summed E-state index contributed by atoms with van der Waals surface area (Å²) < 4.78 is 26.4. The molecule has 0 bridgehead atoms. The molecule has 10 heterocycles. The lowest BCUT2D eigenvalue weighted by Gasteiger charge is -2.41. The molecule has 2 aromatic heterocycles. The minimum Gasteiger partial charge on any atom is -0.436 e. The predicted octanol–water partition coefficient (Wildman–Crippen LogP) is 8.95. The number of urea groups is 2. The average molecular weight is 1300 g/mol. The zero-order chi connectivity index (χ0) is 65.9. The largest absolute Gasteiger partial charge is 0.436 e. The summed E-state index contributed by atoms with van der Waals surface area (Å²) in [7, 11) is 4.37. The molecule has 2 atom stereocenters. The number of anilines is 2. The monoisotopic (exact) mass is 1300 g/mol. The lowest BCUT2D eigenvalue weighted by atomic mass is 9.79. The number of aromatic amines is 2. The number of aromatic nitrogens is 6. The van der Waals surface area contributed by atoms with E-state index in [9.17, 15) is 33.2 Å². The van der Waals surface area contributed by atoms with E-state index in [0.29, 0.717) is 114 Å². The van der Waals surface area contributed by atoms with Gasteiger partial charge in [0.1, 0.15) is 27.9 Å². The second-order valence-corrected chi connectivity index (χ2v) is 28.0. The molecular formula is C70H91FN16O8. The van der Waals surface area contributed by atoms with Crippen LogP contribution in [0.2, 0.25) is 0 Å². The first-order chi connectivity index (χ1) is 46.0. The zero-order valence-corrected chi connectivity index (χ0v) is 55.3. The van der Waals surface area contributed by atoms with E-state index in [1.165, 1.54) is 31.7 Å². The Kier molecular flexibility index (Phi) is 19.8. The first-order valence-electron chi connectivity index (χ1n) is 34.5. The Morgan fingerprint density at radius 2 is 0.895 bits per heavy atom. The summed E-state index contributed by atoms with van der Waals surface area (Å²) in [4.78, 5) is 96.6. The van der Waals surface area contributed by atoms with Gasteiger partial charge in [0.25, 0.3) is 11.8 Å². The Morgan fingerprint density at radius 3 is 1.36 bits per heavy atom. The number of nitrogens with one attached hydrogen (secondary N) is 4. The van der Waals surface area contributed by atoms with E-state index >= 15 is 0 Å². The van der Waals surface area contributed by atoms with Gasteiger partial charge in [-0.1, -0.05) is 42.5 Å². The molecule has 25 heteroatoms.